The number of hydrogen-bond acceptors (Lipinski definition) is 4. The Morgan fingerprint density at radius 2 is 2.26 bits per heavy atom. The maximum absolute atomic E-state index is 11.2. The van der Waals surface area contributed by atoms with Gasteiger partial charge in [-0.05, 0) is 29.9 Å². The van der Waals surface area contributed by atoms with E-state index in [-0.39, 0.29) is 5.91 Å². The van der Waals surface area contributed by atoms with Crippen LogP contribution in [0.5, 0.6) is 0 Å². The number of primary amides is 1. The summed E-state index contributed by atoms with van der Waals surface area (Å²) in [7, 11) is 1.79. The second-order valence-electron chi connectivity index (χ2n) is 6.94. The van der Waals surface area contributed by atoms with Crippen LogP contribution in [0.3, 0.4) is 0 Å². The predicted molar refractivity (Wildman–Crippen MR) is 104 cm³/mol. The van der Waals surface area contributed by atoms with Crippen LogP contribution in [0.4, 0.5) is 0 Å². The van der Waals surface area contributed by atoms with Gasteiger partial charge in [-0.15, -0.1) is 0 Å². The number of aromatic nitrogens is 3. The van der Waals surface area contributed by atoms with Gasteiger partial charge in [-0.3, -0.25) is 9.79 Å². The largest absolute Gasteiger partial charge is 0.370 e. The van der Waals surface area contributed by atoms with Crippen molar-refractivity contribution in [1.82, 2.24) is 25.0 Å². The molecule has 2 aromatic rings. The molecule has 0 bridgehead atoms. The maximum Gasteiger partial charge on any atom is 0.217 e. The van der Waals surface area contributed by atoms with Gasteiger partial charge in [0, 0.05) is 33.1 Å². The van der Waals surface area contributed by atoms with E-state index in [0.717, 1.165) is 31.9 Å². The monoisotopic (exact) mass is 369 g/mol. The van der Waals surface area contributed by atoms with Crippen molar-refractivity contribution in [3.63, 3.8) is 0 Å². The maximum atomic E-state index is 11.2. The van der Waals surface area contributed by atoms with Crippen molar-refractivity contribution >= 4 is 11.9 Å². The first-order valence-corrected chi connectivity index (χ1v) is 9.28. The van der Waals surface area contributed by atoms with Gasteiger partial charge in [0.1, 0.15) is 12.7 Å². The lowest BCUT2D eigenvalue weighted by atomic mass is 9.95. The van der Waals surface area contributed by atoms with E-state index in [1.54, 1.807) is 24.4 Å². The molecule has 0 radical (unpaired) electrons. The minimum atomic E-state index is -0.228. The van der Waals surface area contributed by atoms with Crippen LogP contribution in [0.25, 0.3) is 0 Å². The van der Waals surface area contributed by atoms with Gasteiger partial charge in [-0.1, -0.05) is 24.3 Å². The molecule has 1 aromatic carbocycles. The molecule has 0 aliphatic carbocycles. The SMILES string of the molecule is CN=C(NCc1cccc(Cn2cncn2)c1)N1CCCC(CC(N)=O)C1. The lowest BCUT2D eigenvalue weighted by Crippen LogP contribution is -2.46. The summed E-state index contributed by atoms with van der Waals surface area (Å²) >= 11 is 0. The van der Waals surface area contributed by atoms with Crippen LogP contribution >= 0.6 is 0 Å². The van der Waals surface area contributed by atoms with E-state index in [4.69, 9.17) is 5.73 Å². The number of likely N-dealkylation sites (tertiary alicyclic amines) is 1. The van der Waals surface area contributed by atoms with Gasteiger partial charge in [0.2, 0.25) is 5.91 Å². The normalized spacial score (nSPS) is 17.7. The first-order chi connectivity index (χ1) is 13.1. The molecule has 1 aromatic heterocycles. The average Bonchev–Trinajstić information content (AvgIpc) is 3.15. The molecule has 1 aliphatic heterocycles. The minimum Gasteiger partial charge on any atom is -0.370 e. The summed E-state index contributed by atoms with van der Waals surface area (Å²) in [6.07, 6.45) is 5.79. The van der Waals surface area contributed by atoms with Crippen molar-refractivity contribution in [3.05, 3.63) is 48.0 Å². The summed E-state index contributed by atoms with van der Waals surface area (Å²) in [6.45, 7) is 3.15. The van der Waals surface area contributed by atoms with E-state index in [2.05, 4.69) is 49.6 Å². The van der Waals surface area contributed by atoms with Crippen molar-refractivity contribution < 1.29 is 4.79 Å². The second kappa shape index (κ2) is 9.16. The third-order valence-electron chi connectivity index (χ3n) is 4.77. The molecule has 0 spiro atoms. The number of guanidine groups is 1. The zero-order valence-corrected chi connectivity index (χ0v) is 15.7. The van der Waals surface area contributed by atoms with Crippen LogP contribution in [-0.4, -0.2) is 51.7 Å². The Labute approximate surface area is 159 Å². The molecule has 8 nitrogen and oxygen atoms in total. The fraction of sp³-hybridized carbons (Fsp3) is 0.474. The molecule has 1 fully saturated rings. The van der Waals surface area contributed by atoms with E-state index in [1.165, 1.54) is 11.1 Å². The van der Waals surface area contributed by atoms with E-state index in [1.807, 2.05) is 0 Å². The number of benzene rings is 1. The number of aliphatic imine (C=N–C) groups is 1. The van der Waals surface area contributed by atoms with E-state index in [9.17, 15) is 4.79 Å². The summed E-state index contributed by atoms with van der Waals surface area (Å²) in [6, 6.07) is 8.39. The van der Waals surface area contributed by atoms with Crippen LogP contribution in [-0.2, 0) is 17.9 Å². The van der Waals surface area contributed by atoms with Crippen LogP contribution in [0.2, 0.25) is 0 Å². The molecular weight excluding hydrogens is 342 g/mol. The van der Waals surface area contributed by atoms with Gasteiger partial charge in [-0.2, -0.15) is 5.10 Å². The quantitative estimate of drug-likeness (QED) is 0.584. The molecule has 27 heavy (non-hydrogen) atoms. The Hall–Kier alpha value is -2.90. The Kier molecular flexibility index (Phi) is 6.40. The average molecular weight is 369 g/mol. The smallest absolute Gasteiger partial charge is 0.217 e. The molecule has 0 saturated carbocycles. The van der Waals surface area contributed by atoms with Crippen LogP contribution < -0.4 is 11.1 Å². The van der Waals surface area contributed by atoms with Crippen LogP contribution in [0.1, 0.15) is 30.4 Å². The lowest BCUT2D eigenvalue weighted by Gasteiger charge is -2.34. The van der Waals surface area contributed by atoms with Crippen molar-refractivity contribution in [2.45, 2.75) is 32.4 Å². The highest BCUT2D eigenvalue weighted by Gasteiger charge is 2.23. The zero-order chi connectivity index (χ0) is 19.1. The molecule has 3 rings (SSSR count). The lowest BCUT2D eigenvalue weighted by molar-refractivity contribution is -0.119. The number of hydrogen-bond donors (Lipinski definition) is 2. The molecular formula is C19H27N7O. The summed E-state index contributed by atoms with van der Waals surface area (Å²) < 4.78 is 1.80. The number of amides is 1. The van der Waals surface area contributed by atoms with Crippen LogP contribution in [0.15, 0.2) is 41.9 Å². The molecule has 1 saturated heterocycles. The minimum absolute atomic E-state index is 0.228. The third kappa shape index (κ3) is 5.54. The fourth-order valence-corrected chi connectivity index (χ4v) is 3.56. The van der Waals surface area contributed by atoms with Crippen molar-refractivity contribution in [2.24, 2.45) is 16.6 Å². The molecule has 3 N–H and O–H groups in total. The molecule has 1 aliphatic rings. The number of nitrogens with two attached hydrogens (primary N) is 1. The number of piperidine rings is 1. The third-order valence-corrected chi connectivity index (χ3v) is 4.77. The van der Waals surface area contributed by atoms with E-state index in [0.29, 0.717) is 25.4 Å². The fourth-order valence-electron chi connectivity index (χ4n) is 3.56. The molecule has 2 heterocycles. The summed E-state index contributed by atoms with van der Waals surface area (Å²) in [5.74, 6) is 0.945. The molecule has 1 unspecified atom stereocenters. The highest BCUT2D eigenvalue weighted by Crippen LogP contribution is 2.19. The zero-order valence-electron chi connectivity index (χ0n) is 15.7. The summed E-state index contributed by atoms with van der Waals surface area (Å²) in [5.41, 5.74) is 7.72. The molecule has 144 valence electrons. The van der Waals surface area contributed by atoms with Crippen molar-refractivity contribution in [1.29, 1.82) is 0 Å². The van der Waals surface area contributed by atoms with Gasteiger partial charge >= 0.3 is 0 Å². The number of carbonyl (C=O) groups is 1. The number of nitrogens with one attached hydrogen (secondary N) is 1. The second-order valence-corrected chi connectivity index (χ2v) is 6.94. The van der Waals surface area contributed by atoms with E-state index >= 15 is 0 Å². The number of carbonyl (C=O) groups excluding carboxylic acids is 1. The van der Waals surface area contributed by atoms with Crippen molar-refractivity contribution in [3.8, 4) is 0 Å². The van der Waals surface area contributed by atoms with Crippen molar-refractivity contribution in [2.75, 3.05) is 20.1 Å². The number of nitrogens with zero attached hydrogens (tertiary/aromatic N) is 5. The van der Waals surface area contributed by atoms with E-state index < -0.39 is 0 Å². The van der Waals surface area contributed by atoms with Gasteiger partial charge in [-0.25, -0.2) is 9.67 Å². The van der Waals surface area contributed by atoms with Crippen LogP contribution in [0, 0.1) is 5.92 Å². The molecule has 8 heteroatoms. The van der Waals surface area contributed by atoms with Gasteiger partial charge in [0.15, 0.2) is 5.96 Å². The Morgan fingerprint density at radius 3 is 3.00 bits per heavy atom. The molecule has 1 atom stereocenters. The topological polar surface area (TPSA) is 101 Å². The Morgan fingerprint density at radius 1 is 1.41 bits per heavy atom. The first-order valence-electron chi connectivity index (χ1n) is 9.28. The van der Waals surface area contributed by atoms with Gasteiger partial charge < -0.3 is 16.0 Å². The summed E-state index contributed by atoms with van der Waals surface area (Å²) in [4.78, 5) is 21.8. The predicted octanol–water partition coefficient (Wildman–Crippen LogP) is 0.989. The Balaban J connectivity index is 1.57. The standard InChI is InChI=1S/C19H27N7O/c1-21-19(25-7-3-6-17(11-25)9-18(20)27)23-10-15-4-2-5-16(8-15)12-26-14-22-13-24-26/h2,4-5,8,13-14,17H,3,6-7,9-12H2,1H3,(H2,20,27)(H,21,23). The first kappa shape index (κ1) is 18.9. The van der Waals surface area contributed by atoms with Gasteiger partial charge in [0.05, 0.1) is 6.54 Å². The highest BCUT2D eigenvalue weighted by molar-refractivity contribution is 5.80. The number of rotatable bonds is 6. The highest BCUT2D eigenvalue weighted by atomic mass is 16.1. The van der Waals surface area contributed by atoms with Gasteiger partial charge in [0.25, 0.3) is 0 Å². The Bertz CT molecular complexity index is 772. The molecule has 1 amide bonds. The summed E-state index contributed by atoms with van der Waals surface area (Å²) in [5, 5.41) is 7.59.